The normalized spacial score (nSPS) is 10.1. The zero-order valence-corrected chi connectivity index (χ0v) is 16.9. The molecule has 0 spiro atoms. The number of aliphatic carboxylic acids is 1. The highest BCUT2D eigenvalue weighted by Crippen LogP contribution is 2.25. The van der Waals surface area contributed by atoms with E-state index in [1.165, 1.54) is 0 Å². The number of para-hydroxylation sites is 1. The maximum Gasteiger partial charge on any atom is 0.307 e. The standard InChI is InChI=1S/C23H23NO4.CH4O/c24-13-16-4-3-6-19(9-16)21-10-17(14-25)8-18(11-21)15-28-22-7-2-1-5-20(22)12-23(26)27;1-2/h1-11,25H,12-15,24H2,(H,26,27);2H,1H3. The quantitative estimate of drug-likeness (QED) is 0.455. The fourth-order valence-electron chi connectivity index (χ4n) is 3.10. The van der Waals surface area contributed by atoms with Crippen LogP contribution >= 0.6 is 0 Å². The van der Waals surface area contributed by atoms with Gasteiger partial charge in [0.1, 0.15) is 12.4 Å². The van der Waals surface area contributed by atoms with Gasteiger partial charge in [0.15, 0.2) is 0 Å². The first-order valence-electron chi connectivity index (χ1n) is 9.49. The van der Waals surface area contributed by atoms with Crippen molar-refractivity contribution in [2.24, 2.45) is 5.73 Å². The Balaban J connectivity index is 0.00000155. The van der Waals surface area contributed by atoms with Crippen LogP contribution in [0.5, 0.6) is 5.75 Å². The molecule has 0 amide bonds. The first-order valence-corrected chi connectivity index (χ1v) is 9.49. The average molecular weight is 409 g/mol. The van der Waals surface area contributed by atoms with Crippen molar-refractivity contribution in [2.45, 2.75) is 26.2 Å². The van der Waals surface area contributed by atoms with Crippen LogP contribution in [0.3, 0.4) is 0 Å². The minimum Gasteiger partial charge on any atom is -0.489 e. The van der Waals surface area contributed by atoms with Crippen LogP contribution in [0.25, 0.3) is 11.1 Å². The number of carboxylic acids is 1. The lowest BCUT2D eigenvalue weighted by molar-refractivity contribution is -0.136. The largest absolute Gasteiger partial charge is 0.489 e. The predicted octanol–water partition coefficient (Wildman–Crippen LogP) is 3.12. The molecule has 0 bridgehead atoms. The molecule has 5 N–H and O–H groups in total. The van der Waals surface area contributed by atoms with E-state index >= 15 is 0 Å². The smallest absolute Gasteiger partial charge is 0.307 e. The zero-order valence-electron chi connectivity index (χ0n) is 16.9. The van der Waals surface area contributed by atoms with E-state index in [9.17, 15) is 9.90 Å². The van der Waals surface area contributed by atoms with Crippen molar-refractivity contribution in [1.82, 2.24) is 0 Å². The number of ether oxygens (including phenoxy) is 1. The predicted molar refractivity (Wildman–Crippen MR) is 116 cm³/mol. The Labute approximate surface area is 176 Å². The summed E-state index contributed by atoms with van der Waals surface area (Å²) in [5.74, 6) is -0.355. The van der Waals surface area contributed by atoms with E-state index in [1.807, 2.05) is 48.5 Å². The van der Waals surface area contributed by atoms with Gasteiger partial charge in [-0.15, -0.1) is 0 Å². The maximum atomic E-state index is 11.0. The lowest BCUT2D eigenvalue weighted by atomic mass is 9.98. The van der Waals surface area contributed by atoms with Crippen molar-refractivity contribution in [2.75, 3.05) is 7.11 Å². The molecule has 0 fully saturated rings. The van der Waals surface area contributed by atoms with Crippen LogP contribution in [-0.2, 0) is 31.0 Å². The summed E-state index contributed by atoms with van der Waals surface area (Å²) in [6.45, 7) is 0.658. The van der Waals surface area contributed by atoms with E-state index in [0.717, 1.165) is 34.9 Å². The Morgan fingerprint density at radius 1 is 0.900 bits per heavy atom. The van der Waals surface area contributed by atoms with Gasteiger partial charge in [-0.2, -0.15) is 0 Å². The number of aliphatic hydroxyl groups is 2. The van der Waals surface area contributed by atoms with E-state index in [4.69, 9.17) is 20.7 Å². The van der Waals surface area contributed by atoms with Crippen LogP contribution in [0.1, 0.15) is 22.3 Å². The molecule has 0 heterocycles. The van der Waals surface area contributed by atoms with Gasteiger partial charge in [-0.25, -0.2) is 0 Å². The van der Waals surface area contributed by atoms with Crippen molar-refractivity contribution < 1.29 is 24.9 Å². The van der Waals surface area contributed by atoms with E-state index in [1.54, 1.807) is 18.2 Å². The van der Waals surface area contributed by atoms with Gasteiger partial charge in [0.05, 0.1) is 13.0 Å². The summed E-state index contributed by atoms with van der Waals surface area (Å²) in [4.78, 5) is 11.0. The Morgan fingerprint density at radius 3 is 2.30 bits per heavy atom. The summed E-state index contributed by atoms with van der Waals surface area (Å²) < 4.78 is 5.89. The van der Waals surface area contributed by atoms with E-state index in [-0.39, 0.29) is 19.6 Å². The number of nitrogens with two attached hydrogens (primary N) is 1. The summed E-state index contributed by atoms with van der Waals surface area (Å²) in [5.41, 5.74) is 11.1. The van der Waals surface area contributed by atoms with Crippen molar-refractivity contribution in [3.8, 4) is 16.9 Å². The van der Waals surface area contributed by atoms with Crippen molar-refractivity contribution in [3.63, 3.8) is 0 Å². The number of aliphatic hydroxyl groups excluding tert-OH is 2. The highest BCUT2D eigenvalue weighted by molar-refractivity contribution is 5.71. The van der Waals surface area contributed by atoms with Crippen molar-refractivity contribution in [1.29, 1.82) is 0 Å². The number of rotatable bonds is 8. The summed E-state index contributed by atoms with van der Waals surface area (Å²) in [5, 5.41) is 25.7. The van der Waals surface area contributed by atoms with E-state index < -0.39 is 5.97 Å². The second kappa shape index (κ2) is 11.7. The van der Waals surface area contributed by atoms with E-state index in [0.29, 0.717) is 17.9 Å². The summed E-state index contributed by atoms with van der Waals surface area (Å²) in [6.07, 6.45) is -0.0933. The lowest BCUT2D eigenvalue weighted by Gasteiger charge is -2.13. The lowest BCUT2D eigenvalue weighted by Crippen LogP contribution is -2.04. The summed E-state index contributed by atoms with van der Waals surface area (Å²) in [7, 11) is 1.00. The van der Waals surface area contributed by atoms with Gasteiger partial charge in [-0.05, 0) is 52.1 Å². The van der Waals surface area contributed by atoms with Gasteiger partial charge in [0, 0.05) is 19.2 Å². The molecular weight excluding hydrogens is 382 g/mol. The minimum atomic E-state index is -0.902. The minimum absolute atomic E-state index is 0.0764. The van der Waals surface area contributed by atoms with Gasteiger partial charge in [-0.3, -0.25) is 4.79 Å². The molecule has 3 aromatic rings. The molecule has 6 nitrogen and oxygen atoms in total. The molecule has 0 aliphatic heterocycles. The number of carbonyl (C=O) groups is 1. The Hall–Kier alpha value is -3.19. The highest BCUT2D eigenvalue weighted by atomic mass is 16.5. The molecule has 0 saturated carbocycles. The highest BCUT2D eigenvalue weighted by Gasteiger charge is 2.09. The van der Waals surface area contributed by atoms with Gasteiger partial charge < -0.3 is 25.8 Å². The van der Waals surface area contributed by atoms with Crippen LogP contribution in [0.2, 0.25) is 0 Å². The molecule has 30 heavy (non-hydrogen) atoms. The van der Waals surface area contributed by atoms with Crippen LogP contribution in [0, 0.1) is 0 Å². The first-order chi connectivity index (χ1) is 14.6. The molecule has 3 aromatic carbocycles. The molecule has 0 unspecified atom stereocenters. The second-order valence-corrected chi connectivity index (χ2v) is 6.57. The third-order valence-corrected chi connectivity index (χ3v) is 4.44. The molecule has 6 heteroatoms. The molecule has 0 atom stereocenters. The third kappa shape index (κ3) is 6.42. The SMILES string of the molecule is CO.NCc1cccc(-c2cc(CO)cc(COc3ccccc3CC(=O)O)c2)c1. The van der Waals surface area contributed by atoms with Gasteiger partial charge in [0.25, 0.3) is 0 Å². The van der Waals surface area contributed by atoms with Crippen molar-refractivity contribution in [3.05, 3.63) is 89.0 Å². The zero-order chi connectivity index (χ0) is 21.9. The Morgan fingerprint density at radius 2 is 1.60 bits per heavy atom. The van der Waals surface area contributed by atoms with Gasteiger partial charge in [-0.1, -0.05) is 42.5 Å². The van der Waals surface area contributed by atoms with Gasteiger partial charge >= 0.3 is 5.97 Å². The molecule has 3 rings (SSSR count). The van der Waals surface area contributed by atoms with Crippen LogP contribution in [0.15, 0.2) is 66.7 Å². The summed E-state index contributed by atoms with van der Waals surface area (Å²) in [6, 6.07) is 20.9. The number of hydrogen-bond acceptors (Lipinski definition) is 5. The van der Waals surface area contributed by atoms with Crippen molar-refractivity contribution >= 4 is 5.97 Å². The molecular formula is C24H27NO5. The molecule has 0 aromatic heterocycles. The number of carboxylic acid groups (broad SMARTS) is 1. The monoisotopic (exact) mass is 409 g/mol. The molecule has 0 radical (unpaired) electrons. The first kappa shape index (κ1) is 23.1. The third-order valence-electron chi connectivity index (χ3n) is 4.44. The Bertz CT molecular complexity index is 971. The van der Waals surface area contributed by atoms with Crippen LogP contribution < -0.4 is 10.5 Å². The number of hydrogen-bond donors (Lipinski definition) is 4. The topological polar surface area (TPSA) is 113 Å². The fraction of sp³-hybridized carbons (Fsp3) is 0.208. The molecule has 158 valence electrons. The average Bonchev–Trinajstić information content (AvgIpc) is 2.79. The molecule has 0 aliphatic carbocycles. The fourth-order valence-corrected chi connectivity index (χ4v) is 3.10. The second-order valence-electron chi connectivity index (χ2n) is 6.57. The Kier molecular flexibility index (Phi) is 9.03. The maximum absolute atomic E-state index is 11.0. The number of benzene rings is 3. The van der Waals surface area contributed by atoms with E-state index in [2.05, 4.69) is 0 Å². The van der Waals surface area contributed by atoms with Gasteiger partial charge in [0.2, 0.25) is 0 Å². The van der Waals surface area contributed by atoms with Crippen LogP contribution in [0.4, 0.5) is 0 Å². The summed E-state index contributed by atoms with van der Waals surface area (Å²) >= 11 is 0. The molecule has 0 aliphatic rings. The molecule has 0 saturated heterocycles. The van der Waals surface area contributed by atoms with Crippen LogP contribution in [-0.4, -0.2) is 28.4 Å².